The Balaban J connectivity index is 2.48. The number of esters is 1. The van der Waals surface area contributed by atoms with Crippen molar-refractivity contribution in [2.45, 2.75) is 20.0 Å². The van der Waals surface area contributed by atoms with Crippen molar-refractivity contribution in [2.24, 2.45) is 0 Å². The minimum atomic E-state index is -4.48. The third-order valence-electron chi connectivity index (χ3n) is 2.31. The van der Waals surface area contributed by atoms with Crippen LogP contribution < -0.4 is 0 Å². The van der Waals surface area contributed by atoms with Crippen LogP contribution >= 0.6 is 11.3 Å². The number of fused-ring (bicyclic) bond motifs is 1. The van der Waals surface area contributed by atoms with Crippen LogP contribution in [-0.2, 0) is 10.9 Å². The van der Waals surface area contributed by atoms with Gasteiger partial charge in [0.25, 0.3) is 0 Å². The molecular weight excluding hydrogens is 269 g/mol. The monoisotopic (exact) mass is 278 g/mol. The summed E-state index contributed by atoms with van der Waals surface area (Å²) in [6.45, 7) is 3.43. The third-order valence-corrected chi connectivity index (χ3v) is 3.44. The Morgan fingerprint density at radius 3 is 2.72 bits per heavy atom. The lowest BCUT2D eigenvalue weighted by atomic mass is 10.4. The molecule has 0 spiro atoms. The number of aryl methyl sites for hydroxylation is 1. The van der Waals surface area contributed by atoms with Crippen LogP contribution in [0.25, 0.3) is 4.96 Å². The molecule has 8 heteroatoms. The number of halogens is 3. The molecule has 2 rings (SSSR count). The normalized spacial score (nSPS) is 12.1. The summed E-state index contributed by atoms with van der Waals surface area (Å²) >= 11 is 0.886. The van der Waals surface area contributed by atoms with Crippen LogP contribution in [0, 0.1) is 6.92 Å². The van der Waals surface area contributed by atoms with Gasteiger partial charge in [0, 0.05) is 11.9 Å². The van der Waals surface area contributed by atoms with Gasteiger partial charge in [-0.25, -0.2) is 9.78 Å². The summed E-state index contributed by atoms with van der Waals surface area (Å²) in [5.41, 5.74) is -0.566. The van der Waals surface area contributed by atoms with Gasteiger partial charge in [0.15, 0.2) is 10.7 Å². The number of rotatable bonds is 2. The van der Waals surface area contributed by atoms with E-state index < -0.39 is 17.8 Å². The lowest BCUT2D eigenvalue weighted by molar-refractivity contribution is -0.140. The molecule has 2 heterocycles. The van der Waals surface area contributed by atoms with Crippen LogP contribution in [0.5, 0.6) is 0 Å². The molecule has 0 aliphatic heterocycles. The van der Waals surface area contributed by atoms with E-state index in [9.17, 15) is 18.0 Å². The second-order valence-electron chi connectivity index (χ2n) is 3.51. The molecule has 0 amide bonds. The highest BCUT2D eigenvalue weighted by Crippen LogP contribution is 2.31. The SMILES string of the molecule is CCOC(=O)c1sc2nc(C(F)(F)F)cn2c1C. The van der Waals surface area contributed by atoms with E-state index in [1.54, 1.807) is 13.8 Å². The Bertz CT molecular complexity index is 600. The number of ether oxygens (including phenoxy) is 1. The molecule has 0 bridgehead atoms. The number of aromatic nitrogens is 2. The lowest BCUT2D eigenvalue weighted by Gasteiger charge is -2.01. The summed E-state index contributed by atoms with van der Waals surface area (Å²) in [6.07, 6.45) is -3.60. The van der Waals surface area contributed by atoms with E-state index in [2.05, 4.69) is 4.98 Å². The maximum absolute atomic E-state index is 12.5. The smallest absolute Gasteiger partial charge is 0.434 e. The molecule has 98 valence electrons. The Kier molecular flexibility index (Phi) is 3.05. The largest absolute Gasteiger partial charge is 0.462 e. The van der Waals surface area contributed by atoms with Crippen molar-refractivity contribution >= 4 is 22.3 Å². The Morgan fingerprint density at radius 2 is 2.22 bits per heavy atom. The molecule has 0 radical (unpaired) electrons. The van der Waals surface area contributed by atoms with E-state index in [4.69, 9.17) is 4.74 Å². The van der Waals surface area contributed by atoms with E-state index in [0.29, 0.717) is 5.69 Å². The first kappa shape index (κ1) is 12.9. The van der Waals surface area contributed by atoms with E-state index in [1.807, 2.05) is 0 Å². The Morgan fingerprint density at radius 1 is 1.56 bits per heavy atom. The molecule has 0 atom stereocenters. The van der Waals surface area contributed by atoms with Gasteiger partial charge in [0.1, 0.15) is 4.88 Å². The van der Waals surface area contributed by atoms with Crippen molar-refractivity contribution in [3.8, 4) is 0 Å². The van der Waals surface area contributed by atoms with Crippen LogP contribution in [0.15, 0.2) is 6.20 Å². The summed E-state index contributed by atoms with van der Waals surface area (Å²) in [4.78, 5) is 15.4. The highest BCUT2D eigenvalue weighted by molar-refractivity contribution is 7.19. The number of nitrogens with zero attached hydrogens (tertiary/aromatic N) is 2. The summed E-state index contributed by atoms with van der Waals surface area (Å²) in [6, 6.07) is 0. The minimum Gasteiger partial charge on any atom is -0.462 e. The van der Waals surface area contributed by atoms with Gasteiger partial charge in [0.2, 0.25) is 0 Å². The van der Waals surface area contributed by atoms with Gasteiger partial charge in [-0.2, -0.15) is 13.2 Å². The minimum absolute atomic E-state index is 0.128. The zero-order valence-electron chi connectivity index (χ0n) is 9.54. The predicted octanol–water partition coefficient (Wildman–Crippen LogP) is 2.90. The van der Waals surface area contributed by atoms with Crippen molar-refractivity contribution in [3.63, 3.8) is 0 Å². The van der Waals surface area contributed by atoms with Gasteiger partial charge >= 0.3 is 12.1 Å². The van der Waals surface area contributed by atoms with Crippen LogP contribution in [0.4, 0.5) is 13.2 Å². The average molecular weight is 278 g/mol. The van der Waals surface area contributed by atoms with E-state index in [0.717, 1.165) is 17.5 Å². The standard InChI is InChI=1S/C10H9F3N2O2S/c1-3-17-8(16)7-5(2)15-4-6(10(11,12)13)14-9(15)18-7/h4H,3H2,1-2H3. The zero-order chi connectivity index (χ0) is 13.5. The third kappa shape index (κ3) is 2.07. The summed E-state index contributed by atoms with van der Waals surface area (Å²) < 4.78 is 43.4. The Labute approximate surface area is 104 Å². The number of imidazole rings is 1. The van der Waals surface area contributed by atoms with Crippen LogP contribution in [-0.4, -0.2) is 22.0 Å². The number of alkyl halides is 3. The predicted molar refractivity (Wildman–Crippen MR) is 58.8 cm³/mol. The number of carbonyl (C=O) groups excluding carboxylic acids is 1. The molecule has 18 heavy (non-hydrogen) atoms. The van der Waals surface area contributed by atoms with Gasteiger partial charge in [-0.1, -0.05) is 11.3 Å². The quantitative estimate of drug-likeness (QED) is 0.793. The van der Waals surface area contributed by atoms with E-state index in [-0.39, 0.29) is 16.4 Å². The molecule has 0 saturated carbocycles. The number of thiazole rings is 1. The molecule has 0 N–H and O–H groups in total. The Hall–Kier alpha value is -1.57. The highest BCUT2D eigenvalue weighted by atomic mass is 32.1. The molecule has 2 aromatic rings. The molecule has 0 aliphatic carbocycles. The van der Waals surface area contributed by atoms with Crippen LogP contribution in [0.3, 0.4) is 0 Å². The number of carbonyl (C=O) groups is 1. The van der Waals surface area contributed by atoms with Gasteiger partial charge in [-0.15, -0.1) is 0 Å². The molecule has 0 unspecified atom stereocenters. The second-order valence-corrected chi connectivity index (χ2v) is 4.49. The molecule has 0 saturated heterocycles. The average Bonchev–Trinajstić information content (AvgIpc) is 2.78. The zero-order valence-corrected chi connectivity index (χ0v) is 10.4. The first-order valence-electron chi connectivity index (χ1n) is 5.07. The van der Waals surface area contributed by atoms with Crippen LogP contribution in [0.2, 0.25) is 0 Å². The maximum atomic E-state index is 12.5. The van der Waals surface area contributed by atoms with Crippen molar-refractivity contribution in [3.05, 3.63) is 22.5 Å². The summed E-state index contributed by atoms with van der Waals surface area (Å²) in [5.74, 6) is -0.543. The number of hydrogen-bond donors (Lipinski definition) is 0. The summed E-state index contributed by atoms with van der Waals surface area (Å²) in [5, 5.41) is 0. The molecular formula is C10H9F3N2O2S. The van der Waals surface area contributed by atoms with E-state index >= 15 is 0 Å². The molecule has 0 aromatic carbocycles. The lowest BCUT2D eigenvalue weighted by Crippen LogP contribution is -2.06. The van der Waals surface area contributed by atoms with Crippen molar-refractivity contribution in [1.29, 1.82) is 0 Å². The van der Waals surface area contributed by atoms with Crippen molar-refractivity contribution in [1.82, 2.24) is 9.38 Å². The fraction of sp³-hybridized carbons (Fsp3) is 0.400. The molecule has 0 aliphatic rings. The highest BCUT2D eigenvalue weighted by Gasteiger charge is 2.35. The molecule has 0 fully saturated rings. The number of hydrogen-bond acceptors (Lipinski definition) is 4. The van der Waals surface area contributed by atoms with E-state index in [1.165, 1.54) is 4.40 Å². The van der Waals surface area contributed by atoms with Crippen LogP contribution in [0.1, 0.15) is 28.0 Å². The molecule has 2 aromatic heterocycles. The fourth-order valence-electron chi connectivity index (χ4n) is 1.47. The fourth-order valence-corrected chi connectivity index (χ4v) is 2.48. The second kappa shape index (κ2) is 4.27. The first-order valence-corrected chi connectivity index (χ1v) is 5.89. The van der Waals surface area contributed by atoms with Crippen molar-refractivity contribution < 1.29 is 22.7 Å². The topological polar surface area (TPSA) is 43.6 Å². The summed E-state index contributed by atoms with van der Waals surface area (Å²) in [7, 11) is 0. The molecule has 4 nitrogen and oxygen atoms in total. The first-order chi connectivity index (χ1) is 8.34. The van der Waals surface area contributed by atoms with Crippen molar-refractivity contribution in [2.75, 3.05) is 6.61 Å². The maximum Gasteiger partial charge on any atom is 0.434 e. The van der Waals surface area contributed by atoms with Gasteiger partial charge in [-0.05, 0) is 13.8 Å². The van der Waals surface area contributed by atoms with Gasteiger partial charge in [-0.3, -0.25) is 4.40 Å². The van der Waals surface area contributed by atoms with Gasteiger partial charge < -0.3 is 4.74 Å². The van der Waals surface area contributed by atoms with Gasteiger partial charge in [0.05, 0.1) is 6.61 Å².